The summed E-state index contributed by atoms with van der Waals surface area (Å²) in [5, 5.41) is 24.1. The van der Waals surface area contributed by atoms with Crippen LogP contribution in [0.25, 0.3) is 6.08 Å². The number of nitrogens with two attached hydrogens (primary N) is 1. The van der Waals surface area contributed by atoms with Gasteiger partial charge in [-0.15, -0.1) is 0 Å². The third-order valence-electron chi connectivity index (χ3n) is 10.00. The van der Waals surface area contributed by atoms with Gasteiger partial charge in [-0.05, 0) is 69.4 Å². The Labute approximate surface area is 366 Å². The third-order valence-corrected chi connectivity index (χ3v) is 10.6. The van der Waals surface area contributed by atoms with E-state index in [0.29, 0.717) is 51.1 Å². The zero-order valence-corrected chi connectivity index (χ0v) is 37.2. The van der Waals surface area contributed by atoms with Crippen LogP contribution >= 0.6 is 7.82 Å². The van der Waals surface area contributed by atoms with E-state index < -0.39 is 80.3 Å². The molecule has 0 unspecified atom stereocenters. The molecular weight excluding hydrogens is 841 g/mol. The van der Waals surface area contributed by atoms with Crippen LogP contribution in [0.3, 0.4) is 0 Å². The van der Waals surface area contributed by atoms with Crippen LogP contribution in [0.1, 0.15) is 84.4 Å². The van der Waals surface area contributed by atoms with E-state index in [4.69, 9.17) is 10.6 Å². The number of aromatic nitrogens is 2. The van der Waals surface area contributed by atoms with Crippen molar-refractivity contribution in [2.45, 2.75) is 122 Å². The first-order valence-corrected chi connectivity index (χ1v) is 22.3. The highest BCUT2D eigenvalue weighted by atomic mass is 31.2. The zero-order valence-electron chi connectivity index (χ0n) is 36.3. The highest BCUT2D eigenvalue weighted by Crippen LogP contribution is 2.38. The first kappa shape index (κ1) is 51.9. The molecule has 2 aromatic rings. The van der Waals surface area contributed by atoms with Crippen molar-refractivity contribution in [3.63, 3.8) is 0 Å². The topological polar surface area (TPSA) is 306 Å². The van der Waals surface area contributed by atoms with Gasteiger partial charge in [-0.25, -0.2) is 9.55 Å². The Bertz CT molecular complexity index is 1950. The number of amides is 6. The zero-order chi connectivity index (χ0) is 46.7. The highest BCUT2D eigenvalue weighted by Gasteiger charge is 2.37. The molecule has 348 valence electrons. The number of carbonyl (C=O) groups excluding carboxylic acids is 6. The summed E-state index contributed by atoms with van der Waals surface area (Å²) in [6.45, 7) is 8.29. The number of primary amides is 1. The fraction of sp³-hybridized carbons (Fsp3) is 0.561. The van der Waals surface area contributed by atoms with Gasteiger partial charge in [-0.3, -0.25) is 33.3 Å². The Morgan fingerprint density at radius 1 is 0.952 bits per heavy atom. The van der Waals surface area contributed by atoms with Crippen LogP contribution in [0.4, 0.5) is 0 Å². The molecule has 9 N–H and O–H groups in total. The number of phosphoric acid groups is 1. The Morgan fingerprint density at radius 3 is 2.25 bits per heavy atom. The minimum Gasteiger partial charge on any atom is -0.396 e. The molecule has 1 aliphatic rings. The lowest BCUT2D eigenvalue weighted by atomic mass is 10.0. The number of likely N-dealkylation sites (tertiary alicyclic amines) is 1. The van der Waals surface area contributed by atoms with Gasteiger partial charge in [0.1, 0.15) is 36.8 Å². The number of imidazole rings is 1. The summed E-state index contributed by atoms with van der Waals surface area (Å²) in [6, 6.07) is 2.97. The van der Waals surface area contributed by atoms with Crippen LogP contribution in [-0.2, 0) is 55.7 Å². The van der Waals surface area contributed by atoms with E-state index in [1.807, 2.05) is 57.2 Å². The average Bonchev–Trinajstić information content (AvgIpc) is 3.89. The molecule has 0 saturated carbocycles. The molecule has 1 fully saturated rings. The maximum Gasteiger partial charge on any atom is 0.469 e. The van der Waals surface area contributed by atoms with E-state index in [1.54, 1.807) is 17.1 Å². The lowest BCUT2D eigenvalue weighted by Crippen LogP contribution is -2.61. The molecule has 0 bridgehead atoms. The molecule has 1 aromatic carbocycles. The van der Waals surface area contributed by atoms with Crippen LogP contribution in [0, 0.1) is 5.92 Å². The normalized spacial score (nSPS) is 16.8. The standard InChI is InChI=1S/C41H62N9O12P/c1-26(2)19-32(46-41(57)35-15-12-17-50(35)29(5)52)38(54)45-33(39(55)47-34(24-51)40(56)48-36(37(42)53)28(4)62-63(58,59)60)21-31-23-43-25-49(31)16-10-7-11-18-61-44-22-27(3)20-30-13-8-6-9-14-30/h6,8-9,13-14,20,22-23,25-26,28,32-36,51H,7,10-12,15-19,21,24H2,1-5H3,(H2,42,53)(H,45,54)(H,46,57)(H,47,55)(H,48,56)(H2,58,59,60)/b27-20+,44-22+/t28-,32+,33+,34+,35+,36+/m1/s1. The van der Waals surface area contributed by atoms with E-state index >= 15 is 0 Å². The Kier molecular flexibility index (Phi) is 21.1. The molecule has 3 rings (SSSR count). The smallest absolute Gasteiger partial charge is 0.396 e. The number of rotatable bonds is 26. The van der Waals surface area contributed by atoms with Gasteiger partial charge in [0, 0.05) is 38.3 Å². The monoisotopic (exact) mass is 903 g/mol. The lowest BCUT2D eigenvalue weighted by molar-refractivity contribution is -0.139. The summed E-state index contributed by atoms with van der Waals surface area (Å²) in [6.07, 6.45) is 8.25. The van der Waals surface area contributed by atoms with E-state index in [-0.39, 0.29) is 24.7 Å². The summed E-state index contributed by atoms with van der Waals surface area (Å²) in [5.41, 5.74) is 7.84. The largest absolute Gasteiger partial charge is 0.469 e. The van der Waals surface area contributed by atoms with Gasteiger partial charge in [0.15, 0.2) is 0 Å². The quantitative estimate of drug-likeness (QED) is 0.0279. The molecule has 2 heterocycles. The predicted octanol–water partition coefficient (Wildman–Crippen LogP) is 0.673. The Morgan fingerprint density at radius 2 is 1.62 bits per heavy atom. The second-order valence-electron chi connectivity index (χ2n) is 15.8. The van der Waals surface area contributed by atoms with Gasteiger partial charge >= 0.3 is 7.82 Å². The number of nitrogens with zero attached hydrogens (tertiary/aromatic N) is 4. The van der Waals surface area contributed by atoms with Crippen molar-refractivity contribution in [1.29, 1.82) is 0 Å². The molecule has 1 aromatic heterocycles. The van der Waals surface area contributed by atoms with E-state index in [1.165, 1.54) is 18.0 Å². The summed E-state index contributed by atoms with van der Waals surface area (Å²) < 4.78 is 17.7. The van der Waals surface area contributed by atoms with Gasteiger partial charge in [-0.2, -0.15) is 0 Å². The number of aliphatic hydroxyl groups is 1. The van der Waals surface area contributed by atoms with E-state index in [0.717, 1.165) is 24.5 Å². The summed E-state index contributed by atoms with van der Waals surface area (Å²) in [4.78, 5) is 109. The van der Waals surface area contributed by atoms with Crippen molar-refractivity contribution in [2.24, 2.45) is 16.8 Å². The summed E-state index contributed by atoms with van der Waals surface area (Å²) in [5.74, 6) is -4.96. The number of unbranched alkanes of at least 4 members (excludes halogenated alkanes) is 2. The lowest BCUT2D eigenvalue weighted by Gasteiger charge is -2.28. The number of aliphatic hydroxyl groups excluding tert-OH is 1. The van der Waals surface area contributed by atoms with Gasteiger partial charge in [0.2, 0.25) is 35.4 Å². The van der Waals surface area contributed by atoms with Crippen molar-refractivity contribution >= 4 is 55.6 Å². The Balaban J connectivity index is 1.75. The minimum absolute atomic E-state index is 0.0994. The molecule has 0 radical (unpaired) electrons. The number of hydrogen-bond acceptors (Lipinski definition) is 12. The second kappa shape index (κ2) is 25.6. The van der Waals surface area contributed by atoms with Crippen molar-refractivity contribution < 1.29 is 57.6 Å². The summed E-state index contributed by atoms with van der Waals surface area (Å²) >= 11 is 0. The highest BCUT2D eigenvalue weighted by molar-refractivity contribution is 7.46. The molecule has 63 heavy (non-hydrogen) atoms. The first-order valence-electron chi connectivity index (χ1n) is 20.8. The van der Waals surface area contributed by atoms with Crippen LogP contribution in [-0.4, -0.2) is 127 Å². The third kappa shape index (κ3) is 18.0. The van der Waals surface area contributed by atoms with Crippen LogP contribution in [0.2, 0.25) is 0 Å². The SMILES string of the molecule is CC(=O)N1CCC[C@H]1C(=O)N[C@@H](CC(C)C)C(=O)N[C@@H](Cc1cncn1CCCCCO/N=C/C(C)=C/c1ccccc1)C(=O)N[C@@H](CO)C(=O)N[C@H](C(N)=O)[C@@H](C)OP(=O)(O)O. The minimum atomic E-state index is -5.12. The molecule has 1 saturated heterocycles. The number of hydrogen-bond donors (Lipinski definition) is 8. The van der Waals surface area contributed by atoms with Gasteiger partial charge < -0.3 is 56.2 Å². The van der Waals surface area contributed by atoms with Crippen molar-refractivity contribution in [3.8, 4) is 0 Å². The maximum absolute atomic E-state index is 14.0. The number of oxime groups is 1. The van der Waals surface area contributed by atoms with Crippen molar-refractivity contribution in [1.82, 2.24) is 35.7 Å². The number of carbonyl (C=O) groups is 6. The molecule has 22 heteroatoms. The second-order valence-corrected chi connectivity index (χ2v) is 17.0. The number of aryl methyl sites for hydroxylation is 1. The molecule has 1 aliphatic heterocycles. The molecular formula is C41H62N9O12P. The number of allylic oxidation sites excluding steroid dienone is 1. The van der Waals surface area contributed by atoms with Gasteiger partial charge in [-0.1, -0.05) is 55.4 Å². The maximum atomic E-state index is 14.0. The molecule has 21 nitrogen and oxygen atoms in total. The molecule has 6 amide bonds. The van der Waals surface area contributed by atoms with Crippen LogP contribution in [0.15, 0.2) is 53.6 Å². The fourth-order valence-electron chi connectivity index (χ4n) is 6.86. The van der Waals surface area contributed by atoms with Crippen LogP contribution < -0.4 is 27.0 Å². The number of nitrogens with one attached hydrogen (secondary N) is 4. The summed E-state index contributed by atoms with van der Waals surface area (Å²) in [7, 11) is -5.12. The fourth-order valence-corrected chi connectivity index (χ4v) is 7.42. The van der Waals surface area contributed by atoms with E-state index in [2.05, 4.69) is 35.9 Å². The van der Waals surface area contributed by atoms with Gasteiger partial charge in [0.05, 0.1) is 25.3 Å². The molecule has 6 atom stereocenters. The van der Waals surface area contributed by atoms with Gasteiger partial charge in [0.25, 0.3) is 0 Å². The average molecular weight is 904 g/mol. The molecule has 0 aliphatic carbocycles. The Hall–Kier alpha value is -5.47. The van der Waals surface area contributed by atoms with E-state index in [9.17, 15) is 48.2 Å². The van der Waals surface area contributed by atoms with Crippen molar-refractivity contribution in [2.75, 3.05) is 19.8 Å². The molecule has 0 spiro atoms. The number of phosphoric ester groups is 1. The predicted molar refractivity (Wildman–Crippen MR) is 231 cm³/mol. The van der Waals surface area contributed by atoms with Crippen molar-refractivity contribution in [3.05, 3.63) is 59.7 Å². The number of benzene rings is 1. The first-order chi connectivity index (χ1) is 29.8. The van der Waals surface area contributed by atoms with Crippen LogP contribution in [0.5, 0.6) is 0 Å².